The van der Waals surface area contributed by atoms with Gasteiger partial charge < -0.3 is 5.32 Å². The Kier molecular flexibility index (Phi) is 3.77. The molecular weight excluding hydrogens is 230 g/mol. The maximum Gasteiger partial charge on any atom is 0.251 e. The van der Waals surface area contributed by atoms with E-state index in [1.165, 1.54) is 19.3 Å². The molecule has 0 spiro atoms. The quantitative estimate of drug-likeness (QED) is 0.773. The smallest absolute Gasteiger partial charge is 0.251 e. The summed E-state index contributed by atoms with van der Waals surface area (Å²) in [6.07, 6.45) is 5.89. The molecule has 0 saturated heterocycles. The highest BCUT2D eigenvalue weighted by atomic mass is 32.1. The Morgan fingerprint density at radius 3 is 2.35 bits per heavy atom. The number of benzene rings is 1. The third-order valence-corrected chi connectivity index (χ3v) is 3.80. The molecule has 1 fully saturated rings. The first-order valence-corrected chi connectivity index (χ1v) is 6.65. The number of hydrogen-bond acceptors (Lipinski definition) is 2. The molecule has 2 rings (SSSR count). The monoisotopic (exact) mass is 249 g/mol. The van der Waals surface area contributed by atoms with Crippen molar-refractivity contribution < 1.29 is 4.79 Å². The number of nitrogens with one attached hydrogen (secondary N) is 1. The van der Waals surface area contributed by atoms with Gasteiger partial charge in [-0.05, 0) is 44.0 Å². The summed E-state index contributed by atoms with van der Waals surface area (Å²) in [5.74, 6) is 0.0303. The highest BCUT2D eigenvalue weighted by Crippen LogP contribution is 2.27. The molecule has 0 radical (unpaired) electrons. The number of hydrogen-bond donors (Lipinski definition) is 2. The van der Waals surface area contributed by atoms with Crippen LogP contribution in [0.5, 0.6) is 0 Å². The Labute approximate surface area is 108 Å². The predicted octanol–water partition coefficient (Wildman–Crippen LogP) is 3.43. The summed E-state index contributed by atoms with van der Waals surface area (Å²) in [4.78, 5) is 13.0. The van der Waals surface area contributed by atoms with Crippen LogP contribution < -0.4 is 5.32 Å². The van der Waals surface area contributed by atoms with E-state index in [2.05, 4.69) is 24.9 Å². The van der Waals surface area contributed by atoms with Crippen LogP contribution in [0.3, 0.4) is 0 Å². The summed E-state index contributed by atoms with van der Waals surface area (Å²) < 4.78 is 0. The van der Waals surface area contributed by atoms with Crippen molar-refractivity contribution in [3.8, 4) is 0 Å². The van der Waals surface area contributed by atoms with Crippen molar-refractivity contribution in [1.29, 1.82) is 0 Å². The third-order valence-electron chi connectivity index (χ3n) is 3.50. The largest absolute Gasteiger partial charge is 0.347 e. The van der Waals surface area contributed by atoms with Gasteiger partial charge in [0, 0.05) is 16.0 Å². The standard InChI is InChI=1S/C14H19NOS/c1-14(9-3-2-4-10-14)15-13(16)11-5-7-12(17)8-6-11/h5-8,17H,2-4,9-10H2,1H3,(H,15,16). The van der Waals surface area contributed by atoms with Crippen LogP contribution in [-0.4, -0.2) is 11.4 Å². The number of carbonyl (C=O) groups excluding carboxylic acids is 1. The van der Waals surface area contributed by atoms with E-state index < -0.39 is 0 Å². The van der Waals surface area contributed by atoms with E-state index in [-0.39, 0.29) is 11.4 Å². The Morgan fingerprint density at radius 2 is 1.76 bits per heavy atom. The van der Waals surface area contributed by atoms with Gasteiger partial charge in [-0.1, -0.05) is 19.3 Å². The zero-order chi connectivity index (χ0) is 12.3. The van der Waals surface area contributed by atoms with Gasteiger partial charge in [0.2, 0.25) is 0 Å². The van der Waals surface area contributed by atoms with Gasteiger partial charge in [-0.15, -0.1) is 12.6 Å². The van der Waals surface area contributed by atoms with Gasteiger partial charge in [-0.3, -0.25) is 4.79 Å². The molecule has 2 nitrogen and oxygen atoms in total. The lowest BCUT2D eigenvalue weighted by Crippen LogP contribution is -2.47. The van der Waals surface area contributed by atoms with Crippen LogP contribution in [0.4, 0.5) is 0 Å². The maximum atomic E-state index is 12.1. The predicted molar refractivity (Wildman–Crippen MR) is 72.7 cm³/mol. The van der Waals surface area contributed by atoms with Crippen molar-refractivity contribution >= 4 is 18.5 Å². The van der Waals surface area contributed by atoms with Gasteiger partial charge in [-0.2, -0.15) is 0 Å². The first-order valence-electron chi connectivity index (χ1n) is 6.21. The molecule has 3 heteroatoms. The van der Waals surface area contributed by atoms with Gasteiger partial charge in [0.15, 0.2) is 0 Å². The lowest BCUT2D eigenvalue weighted by atomic mass is 9.83. The minimum atomic E-state index is -0.0189. The van der Waals surface area contributed by atoms with Crippen molar-refractivity contribution in [1.82, 2.24) is 5.32 Å². The fourth-order valence-electron chi connectivity index (χ4n) is 2.42. The minimum Gasteiger partial charge on any atom is -0.347 e. The molecule has 1 aliphatic carbocycles. The molecule has 17 heavy (non-hydrogen) atoms. The van der Waals surface area contributed by atoms with Crippen molar-refractivity contribution in [3.63, 3.8) is 0 Å². The number of rotatable bonds is 2. The molecular formula is C14H19NOS. The van der Waals surface area contributed by atoms with Crippen LogP contribution in [0.1, 0.15) is 49.4 Å². The molecule has 0 bridgehead atoms. The van der Waals surface area contributed by atoms with Crippen LogP contribution in [0.2, 0.25) is 0 Å². The summed E-state index contributed by atoms with van der Waals surface area (Å²) in [6, 6.07) is 7.34. The van der Waals surface area contributed by atoms with E-state index in [4.69, 9.17) is 0 Å². The number of amides is 1. The number of carbonyl (C=O) groups is 1. The molecule has 1 saturated carbocycles. The van der Waals surface area contributed by atoms with Crippen LogP contribution >= 0.6 is 12.6 Å². The molecule has 1 amide bonds. The van der Waals surface area contributed by atoms with Crippen LogP contribution in [0.25, 0.3) is 0 Å². The van der Waals surface area contributed by atoms with E-state index in [1.54, 1.807) is 0 Å². The van der Waals surface area contributed by atoms with Gasteiger partial charge in [0.05, 0.1) is 0 Å². The lowest BCUT2D eigenvalue weighted by molar-refractivity contribution is 0.0882. The number of thiol groups is 1. The van der Waals surface area contributed by atoms with E-state index >= 15 is 0 Å². The molecule has 1 aliphatic rings. The van der Waals surface area contributed by atoms with E-state index in [0.717, 1.165) is 23.3 Å². The summed E-state index contributed by atoms with van der Waals surface area (Å²) in [7, 11) is 0. The second-order valence-electron chi connectivity index (χ2n) is 5.12. The molecule has 92 valence electrons. The highest BCUT2D eigenvalue weighted by molar-refractivity contribution is 7.80. The van der Waals surface area contributed by atoms with Crippen LogP contribution in [0.15, 0.2) is 29.2 Å². The molecule has 0 aliphatic heterocycles. The molecule has 1 aromatic rings. The molecule has 1 aromatic carbocycles. The second-order valence-corrected chi connectivity index (χ2v) is 5.64. The summed E-state index contributed by atoms with van der Waals surface area (Å²) >= 11 is 4.22. The molecule has 0 unspecified atom stereocenters. The van der Waals surface area contributed by atoms with E-state index in [9.17, 15) is 4.79 Å². The molecule has 0 aromatic heterocycles. The third kappa shape index (κ3) is 3.25. The Morgan fingerprint density at radius 1 is 1.18 bits per heavy atom. The van der Waals surface area contributed by atoms with Crippen molar-refractivity contribution in [2.24, 2.45) is 0 Å². The first kappa shape index (κ1) is 12.5. The average molecular weight is 249 g/mol. The van der Waals surface area contributed by atoms with Crippen molar-refractivity contribution in [2.45, 2.75) is 49.5 Å². The summed E-state index contributed by atoms with van der Waals surface area (Å²) in [6.45, 7) is 2.15. The van der Waals surface area contributed by atoms with Gasteiger partial charge >= 0.3 is 0 Å². The Bertz CT molecular complexity index is 393. The maximum absolute atomic E-state index is 12.1. The van der Waals surface area contributed by atoms with E-state index in [1.807, 2.05) is 24.3 Å². The van der Waals surface area contributed by atoms with Gasteiger partial charge in [0.1, 0.15) is 0 Å². The SMILES string of the molecule is CC1(NC(=O)c2ccc(S)cc2)CCCCC1. The van der Waals surface area contributed by atoms with Crippen molar-refractivity contribution in [2.75, 3.05) is 0 Å². The first-order chi connectivity index (χ1) is 8.09. The van der Waals surface area contributed by atoms with Gasteiger partial charge in [0.25, 0.3) is 5.91 Å². The fourth-order valence-corrected chi connectivity index (χ4v) is 2.57. The highest BCUT2D eigenvalue weighted by Gasteiger charge is 2.28. The molecule has 0 heterocycles. The second kappa shape index (κ2) is 5.13. The lowest BCUT2D eigenvalue weighted by Gasteiger charge is -2.34. The zero-order valence-corrected chi connectivity index (χ0v) is 11.1. The Balaban J connectivity index is 2.03. The summed E-state index contributed by atoms with van der Waals surface area (Å²) in [5, 5.41) is 3.17. The molecule has 1 N–H and O–H groups in total. The van der Waals surface area contributed by atoms with E-state index in [0.29, 0.717) is 0 Å². The van der Waals surface area contributed by atoms with Gasteiger partial charge in [-0.25, -0.2) is 0 Å². The topological polar surface area (TPSA) is 29.1 Å². The van der Waals surface area contributed by atoms with Crippen LogP contribution in [0, 0.1) is 0 Å². The van der Waals surface area contributed by atoms with Crippen molar-refractivity contribution in [3.05, 3.63) is 29.8 Å². The normalized spacial score (nSPS) is 18.7. The fraction of sp³-hybridized carbons (Fsp3) is 0.500. The summed E-state index contributed by atoms with van der Waals surface area (Å²) in [5.41, 5.74) is 0.698. The zero-order valence-electron chi connectivity index (χ0n) is 10.2. The Hall–Kier alpha value is -0.960. The average Bonchev–Trinajstić information content (AvgIpc) is 2.30. The minimum absolute atomic E-state index is 0.0189. The van der Waals surface area contributed by atoms with Crippen LogP contribution in [-0.2, 0) is 0 Å². The molecule has 0 atom stereocenters.